The molecule has 1 saturated heterocycles. The molecule has 0 unspecified atom stereocenters. The molecule has 6 rings (SSSR count). The summed E-state index contributed by atoms with van der Waals surface area (Å²) in [6.45, 7) is 1.25. The van der Waals surface area contributed by atoms with Crippen molar-refractivity contribution in [3.8, 4) is 22.4 Å². The first-order valence-corrected chi connectivity index (χ1v) is 11.7. The van der Waals surface area contributed by atoms with Gasteiger partial charge in [-0.2, -0.15) is 10.1 Å². The molecule has 178 valence electrons. The molecule has 0 amide bonds. The van der Waals surface area contributed by atoms with Gasteiger partial charge in [0.15, 0.2) is 5.58 Å². The highest BCUT2D eigenvalue weighted by molar-refractivity contribution is 6.06. The number of fused-ring (bicyclic) bond motifs is 3. The molecule has 0 bridgehead atoms. The Bertz CT molecular complexity index is 1580. The number of anilines is 1. The Morgan fingerprint density at radius 2 is 2.03 bits per heavy atom. The SMILES string of the molecule is CNc1ccc(-c2nc(=O)n(CC[C@@H]3CCCO3)c3c2oc2ncc(-c4cnn(C)c4)cc23)cn1. The van der Waals surface area contributed by atoms with Gasteiger partial charge in [-0.15, -0.1) is 0 Å². The smallest absolute Gasteiger partial charge is 0.348 e. The first-order chi connectivity index (χ1) is 17.1. The number of nitrogens with one attached hydrogen (secondary N) is 1. The van der Waals surface area contributed by atoms with E-state index < -0.39 is 0 Å². The van der Waals surface area contributed by atoms with Crippen molar-refractivity contribution in [1.29, 1.82) is 0 Å². The summed E-state index contributed by atoms with van der Waals surface area (Å²) in [5.41, 5.74) is 4.30. The second kappa shape index (κ2) is 8.62. The van der Waals surface area contributed by atoms with Gasteiger partial charge in [-0.3, -0.25) is 9.25 Å². The zero-order valence-electron chi connectivity index (χ0n) is 19.6. The van der Waals surface area contributed by atoms with Crippen molar-refractivity contribution in [3.63, 3.8) is 0 Å². The van der Waals surface area contributed by atoms with Gasteiger partial charge in [0.2, 0.25) is 5.71 Å². The lowest BCUT2D eigenvalue weighted by Gasteiger charge is -2.13. The molecular formula is C25H25N7O3. The van der Waals surface area contributed by atoms with E-state index in [-0.39, 0.29) is 11.8 Å². The molecule has 0 saturated carbocycles. The first kappa shape index (κ1) is 21.5. The highest BCUT2D eigenvalue weighted by atomic mass is 16.5. The standard InChI is InChI=1S/C25H25N7O3/c1-26-20-6-5-15(11-27-20)21-23-22(32(25(33)30-21)8-7-18-4-3-9-34-18)19-10-16(12-28-24(19)35-23)17-13-29-31(2)14-17/h5-6,10-14,18H,3-4,7-9H2,1-2H3,(H,26,27)/t18-/m0/s1. The third kappa shape index (κ3) is 3.85. The zero-order valence-corrected chi connectivity index (χ0v) is 19.6. The quantitative estimate of drug-likeness (QED) is 0.400. The molecule has 1 aliphatic heterocycles. The van der Waals surface area contributed by atoms with Crippen LogP contribution in [0.3, 0.4) is 0 Å². The summed E-state index contributed by atoms with van der Waals surface area (Å²) < 4.78 is 15.5. The molecule has 1 N–H and O–H groups in total. The first-order valence-electron chi connectivity index (χ1n) is 11.7. The van der Waals surface area contributed by atoms with Gasteiger partial charge in [0.05, 0.1) is 17.7 Å². The number of nitrogens with zero attached hydrogens (tertiary/aromatic N) is 6. The number of pyridine rings is 2. The third-order valence-electron chi connectivity index (χ3n) is 6.47. The summed E-state index contributed by atoms with van der Waals surface area (Å²) in [6, 6.07) is 5.71. The van der Waals surface area contributed by atoms with E-state index in [1.165, 1.54) is 0 Å². The van der Waals surface area contributed by atoms with E-state index in [4.69, 9.17) is 9.15 Å². The van der Waals surface area contributed by atoms with E-state index in [9.17, 15) is 4.79 Å². The summed E-state index contributed by atoms with van der Waals surface area (Å²) in [6.07, 6.45) is 10.1. The lowest BCUT2D eigenvalue weighted by atomic mass is 10.1. The van der Waals surface area contributed by atoms with Gasteiger partial charge in [-0.25, -0.2) is 14.8 Å². The van der Waals surface area contributed by atoms with E-state index in [0.717, 1.165) is 48.2 Å². The highest BCUT2D eigenvalue weighted by Gasteiger charge is 2.23. The Labute approximate surface area is 200 Å². The van der Waals surface area contributed by atoms with E-state index in [0.29, 0.717) is 34.6 Å². The van der Waals surface area contributed by atoms with Gasteiger partial charge >= 0.3 is 5.69 Å². The van der Waals surface area contributed by atoms with Crippen molar-refractivity contribution in [1.82, 2.24) is 29.3 Å². The topological polar surface area (TPSA) is 113 Å². The Hall–Kier alpha value is -4.05. The van der Waals surface area contributed by atoms with Crippen molar-refractivity contribution in [2.75, 3.05) is 19.0 Å². The fraction of sp³-hybridized carbons (Fsp3) is 0.320. The number of ether oxygens (including phenoxy) is 1. The van der Waals surface area contributed by atoms with Crippen molar-refractivity contribution in [3.05, 3.63) is 53.5 Å². The van der Waals surface area contributed by atoms with Crippen LogP contribution in [0.2, 0.25) is 0 Å². The summed E-state index contributed by atoms with van der Waals surface area (Å²) in [4.78, 5) is 26.7. The molecule has 1 aliphatic rings. The molecule has 0 aromatic carbocycles. The largest absolute Gasteiger partial charge is 0.434 e. The molecular weight excluding hydrogens is 446 g/mol. The van der Waals surface area contributed by atoms with Crippen LogP contribution in [-0.4, -0.2) is 49.1 Å². The van der Waals surface area contributed by atoms with Gasteiger partial charge < -0.3 is 14.5 Å². The van der Waals surface area contributed by atoms with Gasteiger partial charge in [-0.05, 0) is 37.5 Å². The van der Waals surface area contributed by atoms with Crippen LogP contribution < -0.4 is 11.0 Å². The molecule has 10 heteroatoms. The lowest BCUT2D eigenvalue weighted by Crippen LogP contribution is -2.25. The molecule has 1 atom stereocenters. The van der Waals surface area contributed by atoms with E-state index in [1.807, 2.05) is 31.4 Å². The fourth-order valence-electron chi connectivity index (χ4n) is 4.66. The maximum atomic E-state index is 13.4. The van der Waals surface area contributed by atoms with E-state index >= 15 is 0 Å². The number of hydrogen-bond acceptors (Lipinski definition) is 8. The molecule has 5 aromatic heterocycles. The normalized spacial score (nSPS) is 15.9. The number of rotatable bonds is 6. The maximum absolute atomic E-state index is 13.4. The fourth-order valence-corrected chi connectivity index (χ4v) is 4.66. The second-order valence-corrected chi connectivity index (χ2v) is 8.76. The van der Waals surface area contributed by atoms with Crippen LogP contribution in [0.25, 0.3) is 44.6 Å². The minimum atomic E-state index is -0.335. The van der Waals surface area contributed by atoms with Crippen molar-refractivity contribution < 1.29 is 9.15 Å². The van der Waals surface area contributed by atoms with E-state index in [2.05, 4.69) is 25.4 Å². The second-order valence-electron chi connectivity index (χ2n) is 8.76. The summed E-state index contributed by atoms with van der Waals surface area (Å²) in [7, 11) is 3.68. The highest BCUT2D eigenvalue weighted by Crippen LogP contribution is 2.35. The minimum absolute atomic E-state index is 0.150. The third-order valence-corrected chi connectivity index (χ3v) is 6.47. The van der Waals surface area contributed by atoms with Gasteiger partial charge in [0, 0.05) is 62.5 Å². The lowest BCUT2D eigenvalue weighted by molar-refractivity contribution is 0.100. The molecule has 5 aromatic rings. The number of furan rings is 1. The predicted molar refractivity (Wildman–Crippen MR) is 132 cm³/mol. The van der Waals surface area contributed by atoms with E-state index in [1.54, 1.807) is 34.9 Å². The average molecular weight is 472 g/mol. The Morgan fingerprint density at radius 1 is 1.14 bits per heavy atom. The number of hydrogen-bond donors (Lipinski definition) is 1. The van der Waals surface area contributed by atoms with Crippen LogP contribution in [0.4, 0.5) is 5.82 Å². The van der Waals surface area contributed by atoms with Crippen LogP contribution in [0.15, 0.2) is 52.2 Å². The van der Waals surface area contributed by atoms with Crippen LogP contribution in [0.5, 0.6) is 0 Å². The summed E-state index contributed by atoms with van der Waals surface area (Å²) >= 11 is 0. The number of aromatic nitrogens is 6. The molecule has 0 radical (unpaired) electrons. The van der Waals surface area contributed by atoms with Crippen molar-refractivity contribution in [2.45, 2.75) is 31.9 Å². The van der Waals surface area contributed by atoms with Crippen LogP contribution in [-0.2, 0) is 18.3 Å². The Morgan fingerprint density at radius 3 is 2.74 bits per heavy atom. The Kier molecular flexibility index (Phi) is 5.29. The molecule has 6 heterocycles. The van der Waals surface area contributed by atoms with Crippen LogP contribution in [0.1, 0.15) is 19.3 Å². The Balaban J connectivity index is 1.56. The van der Waals surface area contributed by atoms with Gasteiger partial charge in [-0.1, -0.05) is 0 Å². The molecule has 1 fully saturated rings. The molecule has 0 aliphatic carbocycles. The summed E-state index contributed by atoms with van der Waals surface area (Å²) in [5.74, 6) is 0.724. The predicted octanol–water partition coefficient (Wildman–Crippen LogP) is 3.61. The van der Waals surface area contributed by atoms with Crippen LogP contribution >= 0.6 is 0 Å². The van der Waals surface area contributed by atoms with Gasteiger partial charge in [0.25, 0.3) is 0 Å². The maximum Gasteiger partial charge on any atom is 0.348 e. The molecule has 0 spiro atoms. The zero-order chi connectivity index (χ0) is 23.9. The monoisotopic (exact) mass is 471 g/mol. The van der Waals surface area contributed by atoms with Crippen LogP contribution in [0, 0.1) is 0 Å². The van der Waals surface area contributed by atoms with Crippen molar-refractivity contribution in [2.24, 2.45) is 7.05 Å². The number of aryl methyl sites for hydroxylation is 2. The van der Waals surface area contributed by atoms with Gasteiger partial charge in [0.1, 0.15) is 17.0 Å². The molecule has 35 heavy (non-hydrogen) atoms. The average Bonchev–Trinajstić information content (AvgIpc) is 3.63. The minimum Gasteiger partial charge on any atom is -0.434 e. The van der Waals surface area contributed by atoms with Crippen molar-refractivity contribution >= 4 is 28.0 Å². The summed E-state index contributed by atoms with van der Waals surface area (Å²) in [5, 5.41) is 8.03. The molecule has 10 nitrogen and oxygen atoms in total.